The van der Waals surface area contributed by atoms with Gasteiger partial charge in [-0.3, -0.25) is 0 Å². The molecule has 0 aliphatic rings. The monoisotopic (exact) mass is 302 g/mol. The maximum absolute atomic E-state index is 2.44. The standard InChI is InChI=1S/C17H22S.C3H8/c1-5-18(4,16-12-8-6-10-14(16)2)17-13-9-7-11-15(17)3;1-3-2/h6-13H,5H2,1-4H3;3H2,1-2H3. The first kappa shape index (κ1) is 17.8. The van der Waals surface area contributed by atoms with Gasteiger partial charge in [0, 0.05) is 0 Å². The Morgan fingerprint density at radius 3 is 1.33 bits per heavy atom. The van der Waals surface area contributed by atoms with Crippen LogP contribution in [0.3, 0.4) is 0 Å². The molecule has 0 amide bonds. The molecule has 0 radical (unpaired) electrons. The summed E-state index contributed by atoms with van der Waals surface area (Å²) < 4.78 is 0. The molecule has 21 heavy (non-hydrogen) atoms. The lowest BCUT2D eigenvalue weighted by Crippen LogP contribution is -2.06. The molecule has 0 atom stereocenters. The van der Waals surface area contributed by atoms with E-state index in [4.69, 9.17) is 0 Å². The second kappa shape index (κ2) is 8.29. The fourth-order valence-electron chi connectivity index (χ4n) is 2.55. The first-order chi connectivity index (χ1) is 10.0. The summed E-state index contributed by atoms with van der Waals surface area (Å²) >= 11 is 0. The highest BCUT2D eigenvalue weighted by Crippen LogP contribution is 2.61. The number of hydrogen-bond donors (Lipinski definition) is 0. The summed E-state index contributed by atoms with van der Waals surface area (Å²) in [5, 5.41) is 0. The Hall–Kier alpha value is -1.21. The van der Waals surface area contributed by atoms with Gasteiger partial charge in [0.1, 0.15) is 0 Å². The van der Waals surface area contributed by atoms with Crippen molar-refractivity contribution in [3.8, 4) is 0 Å². The average Bonchev–Trinajstić information content (AvgIpc) is 2.48. The van der Waals surface area contributed by atoms with Crippen LogP contribution in [0.4, 0.5) is 0 Å². The molecule has 116 valence electrons. The second-order valence-electron chi connectivity index (χ2n) is 5.61. The van der Waals surface area contributed by atoms with Gasteiger partial charge in [0.2, 0.25) is 0 Å². The summed E-state index contributed by atoms with van der Waals surface area (Å²) in [5.41, 5.74) is 2.83. The third-order valence-corrected chi connectivity index (χ3v) is 7.75. The molecule has 0 N–H and O–H groups in total. The SMILES string of the molecule is CCC.CCS(C)(c1ccccc1C)c1ccccc1C. The van der Waals surface area contributed by atoms with Crippen molar-refractivity contribution in [1.82, 2.24) is 0 Å². The Balaban J connectivity index is 0.000000677. The van der Waals surface area contributed by atoms with Crippen molar-refractivity contribution in [3.05, 3.63) is 59.7 Å². The topological polar surface area (TPSA) is 0 Å². The molecule has 0 unspecified atom stereocenters. The molecule has 2 aromatic rings. The van der Waals surface area contributed by atoms with Crippen LogP contribution in [0.25, 0.3) is 0 Å². The van der Waals surface area contributed by atoms with E-state index >= 15 is 0 Å². The molecule has 0 spiro atoms. The minimum Gasteiger partial charge on any atom is -0.190 e. The minimum atomic E-state index is -0.896. The van der Waals surface area contributed by atoms with Crippen LogP contribution in [-0.4, -0.2) is 12.0 Å². The highest BCUT2D eigenvalue weighted by Gasteiger charge is 2.23. The Labute approximate surface area is 132 Å². The second-order valence-corrected chi connectivity index (χ2v) is 9.25. The van der Waals surface area contributed by atoms with Gasteiger partial charge in [-0.25, -0.2) is 0 Å². The summed E-state index contributed by atoms with van der Waals surface area (Å²) in [6.07, 6.45) is 3.69. The lowest BCUT2D eigenvalue weighted by atomic mass is 10.2. The zero-order valence-electron chi connectivity index (χ0n) is 14.4. The number of hydrogen-bond acceptors (Lipinski definition) is 0. The molecular weight excluding hydrogens is 272 g/mol. The van der Waals surface area contributed by atoms with Crippen molar-refractivity contribution < 1.29 is 0 Å². The molecule has 0 aliphatic heterocycles. The smallest absolute Gasteiger partial charge is 0.00323 e. The van der Waals surface area contributed by atoms with Gasteiger partial charge < -0.3 is 0 Å². The molecular formula is C20H30S. The highest BCUT2D eigenvalue weighted by molar-refractivity contribution is 8.33. The van der Waals surface area contributed by atoms with Crippen molar-refractivity contribution in [2.75, 3.05) is 12.0 Å². The van der Waals surface area contributed by atoms with Crippen LogP contribution < -0.4 is 0 Å². The van der Waals surface area contributed by atoms with E-state index in [0.717, 1.165) is 0 Å². The summed E-state index contributed by atoms with van der Waals surface area (Å²) in [4.78, 5) is 3.06. The summed E-state index contributed by atoms with van der Waals surface area (Å²) in [5.74, 6) is 1.20. The first-order valence-corrected chi connectivity index (χ1v) is 10.1. The Morgan fingerprint density at radius 2 is 1.05 bits per heavy atom. The van der Waals surface area contributed by atoms with Crippen LogP contribution in [0, 0.1) is 13.8 Å². The van der Waals surface area contributed by atoms with Gasteiger partial charge in [-0.2, -0.15) is 10.0 Å². The van der Waals surface area contributed by atoms with Gasteiger partial charge in [-0.15, -0.1) is 0 Å². The molecule has 1 heteroatoms. The van der Waals surface area contributed by atoms with Gasteiger partial charge >= 0.3 is 0 Å². The normalized spacial score (nSPS) is 11.5. The molecule has 0 saturated carbocycles. The van der Waals surface area contributed by atoms with Crippen LogP contribution in [0.2, 0.25) is 0 Å². The van der Waals surface area contributed by atoms with Gasteiger partial charge in [0.05, 0.1) is 0 Å². The first-order valence-electron chi connectivity index (χ1n) is 7.88. The summed E-state index contributed by atoms with van der Waals surface area (Å²) in [7, 11) is -0.896. The molecule has 0 aliphatic carbocycles. The molecule has 0 heterocycles. The van der Waals surface area contributed by atoms with E-state index in [-0.39, 0.29) is 0 Å². The number of rotatable bonds is 3. The van der Waals surface area contributed by atoms with Crippen molar-refractivity contribution in [2.24, 2.45) is 0 Å². The number of benzene rings is 2. The number of aryl methyl sites for hydroxylation is 2. The fraction of sp³-hybridized carbons (Fsp3) is 0.400. The summed E-state index contributed by atoms with van der Waals surface area (Å²) in [6.45, 7) is 11.0. The average molecular weight is 303 g/mol. The Kier molecular flexibility index (Phi) is 7.04. The van der Waals surface area contributed by atoms with E-state index < -0.39 is 10.0 Å². The van der Waals surface area contributed by atoms with E-state index in [1.807, 2.05) is 0 Å². The van der Waals surface area contributed by atoms with E-state index in [2.05, 4.69) is 89.4 Å². The van der Waals surface area contributed by atoms with Gasteiger partial charge in [0.15, 0.2) is 0 Å². The third-order valence-electron chi connectivity index (χ3n) is 3.74. The molecule has 0 nitrogen and oxygen atoms in total. The van der Waals surface area contributed by atoms with Crippen molar-refractivity contribution in [2.45, 2.75) is 50.8 Å². The Morgan fingerprint density at radius 1 is 0.714 bits per heavy atom. The van der Waals surface area contributed by atoms with Crippen molar-refractivity contribution >= 4 is 10.0 Å². The zero-order chi connectivity index (χ0) is 15.9. The lowest BCUT2D eigenvalue weighted by Gasteiger charge is -2.38. The van der Waals surface area contributed by atoms with Gasteiger partial charge in [-0.05, 0) is 58.9 Å². The fourth-order valence-corrected chi connectivity index (χ4v) is 5.73. The van der Waals surface area contributed by atoms with Crippen molar-refractivity contribution in [1.29, 1.82) is 0 Å². The molecule has 0 fully saturated rings. The molecule has 2 aromatic carbocycles. The van der Waals surface area contributed by atoms with E-state index in [0.29, 0.717) is 0 Å². The van der Waals surface area contributed by atoms with Crippen LogP contribution in [0.15, 0.2) is 58.3 Å². The molecule has 0 saturated heterocycles. The summed E-state index contributed by atoms with van der Waals surface area (Å²) in [6, 6.07) is 17.7. The maximum atomic E-state index is 2.44. The quantitative estimate of drug-likeness (QED) is 0.599. The van der Waals surface area contributed by atoms with Crippen LogP contribution in [0.5, 0.6) is 0 Å². The lowest BCUT2D eigenvalue weighted by molar-refractivity contribution is 1.09. The maximum Gasteiger partial charge on any atom is -0.00323 e. The van der Waals surface area contributed by atoms with Crippen LogP contribution in [0.1, 0.15) is 38.3 Å². The largest absolute Gasteiger partial charge is 0.190 e. The van der Waals surface area contributed by atoms with Crippen LogP contribution >= 0.6 is 10.0 Å². The predicted octanol–water partition coefficient (Wildman–Crippen LogP) is 6.59. The molecule has 0 aromatic heterocycles. The molecule has 2 rings (SSSR count). The molecule has 0 bridgehead atoms. The zero-order valence-corrected chi connectivity index (χ0v) is 15.3. The minimum absolute atomic E-state index is 0.896. The van der Waals surface area contributed by atoms with E-state index in [1.165, 1.54) is 33.1 Å². The predicted molar refractivity (Wildman–Crippen MR) is 98.9 cm³/mol. The highest BCUT2D eigenvalue weighted by atomic mass is 32.3. The van der Waals surface area contributed by atoms with Crippen LogP contribution in [-0.2, 0) is 0 Å². The van der Waals surface area contributed by atoms with Gasteiger partial charge in [-0.1, -0.05) is 63.6 Å². The van der Waals surface area contributed by atoms with Gasteiger partial charge in [0.25, 0.3) is 0 Å². The Bertz CT molecular complexity index is 512. The third kappa shape index (κ3) is 4.14. The van der Waals surface area contributed by atoms with E-state index in [9.17, 15) is 0 Å². The van der Waals surface area contributed by atoms with E-state index in [1.54, 1.807) is 0 Å². The van der Waals surface area contributed by atoms with Crippen molar-refractivity contribution in [3.63, 3.8) is 0 Å².